The summed E-state index contributed by atoms with van der Waals surface area (Å²) in [5.41, 5.74) is 6.87. The Balaban J connectivity index is 1.76. The number of carbonyl (C=O) groups is 2. The molecule has 0 aliphatic rings. The van der Waals surface area contributed by atoms with Crippen LogP contribution in [0.15, 0.2) is 66.7 Å². The molecule has 3 rings (SSSR count). The SMILES string of the molecule is COc1ccc(N(CCC(N)=O)CC(=O)Nc2cccc3ccccc23)cc1. The monoisotopic (exact) mass is 377 g/mol. The van der Waals surface area contributed by atoms with Gasteiger partial charge in [-0.15, -0.1) is 0 Å². The van der Waals surface area contributed by atoms with Crippen LogP contribution >= 0.6 is 0 Å². The lowest BCUT2D eigenvalue weighted by Gasteiger charge is -2.24. The maximum Gasteiger partial charge on any atom is 0.243 e. The Hall–Kier alpha value is -3.54. The molecule has 0 radical (unpaired) electrons. The van der Waals surface area contributed by atoms with Crippen LogP contribution in [0.2, 0.25) is 0 Å². The van der Waals surface area contributed by atoms with E-state index in [0.29, 0.717) is 6.54 Å². The summed E-state index contributed by atoms with van der Waals surface area (Å²) >= 11 is 0. The largest absolute Gasteiger partial charge is 0.497 e. The van der Waals surface area contributed by atoms with Gasteiger partial charge in [0, 0.05) is 29.7 Å². The number of amides is 2. The molecule has 3 N–H and O–H groups in total. The number of nitrogens with zero attached hydrogens (tertiary/aromatic N) is 1. The highest BCUT2D eigenvalue weighted by Crippen LogP contribution is 2.23. The molecule has 0 saturated heterocycles. The minimum Gasteiger partial charge on any atom is -0.497 e. The first kappa shape index (κ1) is 19.2. The van der Waals surface area contributed by atoms with Gasteiger partial charge in [0.25, 0.3) is 0 Å². The van der Waals surface area contributed by atoms with E-state index in [1.165, 1.54) is 0 Å². The second-order valence-electron chi connectivity index (χ2n) is 6.41. The van der Waals surface area contributed by atoms with Crippen molar-refractivity contribution in [2.45, 2.75) is 6.42 Å². The van der Waals surface area contributed by atoms with E-state index in [1.807, 2.05) is 71.6 Å². The topological polar surface area (TPSA) is 84.7 Å². The molecule has 0 spiro atoms. The third-order valence-electron chi connectivity index (χ3n) is 4.46. The average molecular weight is 377 g/mol. The molecule has 0 aliphatic carbocycles. The van der Waals surface area contributed by atoms with Crippen molar-refractivity contribution in [2.75, 3.05) is 30.4 Å². The van der Waals surface area contributed by atoms with E-state index < -0.39 is 5.91 Å². The molecule has 0 atom stereocenters. The van der Waals surface area contributed by atoms with Crippen molar-refractivity contribution < 1.29 is 14.3 Å². The van der Waals surface area contributed by atoms with Crippen molar-refractivity contribution in [3.63, 3.8) is 0 Å². The molecule has 144 valence electrons. The van der Waals surface area contributed by atoms with Gasteiger partial charge in [0.1, 0.15) is 5.75 Å². The lowest BCUT2D eigenvalue weighted by molar-refractivity contribution is -0.118. The molecule has 0 aliphatic heterocycles. The Morgan fingerprint density at radius 3 is 2.43 bits per heavy atom. The molecule has 6 nitrogen and oxygen atoms in total. The Kier molecular flexibility index (Phi) is 6.11. The van der Waals surface area contributed by atoms with Crippen LogP contribution in [0.5, 0.6) is 5.75 Å². The van der Waals surface area contributed by atoms with Crippen LogP contribution in [0.3, 0.4) is 0 Å². The van der Waals surface area contributed by atoms with E-state index >= 15 is 0 Å². The fourth-order valence-electron chi connectivity index (χ4n) is 3.04. The van der Waals surface area contributed by atoms with Crippen LogP contribution in [-0.2, 0) is 9.59 Å². The second-order valence-corrected chi connectivity index (χ2v) is 6.41. The number of fused-ring (bicyclic) bond motifs is 1. The van der Waals surface area contributed by atoms with Gasteiger partial charge in [-0.25, -0.2) is 0 Å². The maximum atomic E-state index is 12.7. The molecule has 0 unspecified atom stereocenters. The van der Waals surface area contributed by atoms with Gasteiger partial charge in [-0.2, -0.15) is 0 Å². The van der Waals surface area contributed by atoms with E-state index in [1.54, 1.807) is 7.11 Å². The number of hydrogen-bond donors (Lipinski definition) is 2. The van der Waals surface area contributed by atoms with Crippen LogP contribution in [0, 0.1) is 0 Å². The molecule has 2 amide bonds. The number of hydrogen-bond acceptors (Lipinski definition) is 4. The number of benzene rings is 3. The molecule has 3 aromatic carbocycles. The third-order valence-corrected chi connectivity index (χ3v) is 4.46. The molecular formula is C22H23N3O3. The van der Waals surface area contributed by atoms with Gasteiger partial charge in [0.2, 0.25) is 11.8 Å². The van der Waals surface area contributed by atoms with Gasteiger partial charge < -0.3 is 20.7 Å². The Bertz CT molecular complexity index is 965. The summed E-state index contributed by atoms with van der Waals surface area (Å²) in [5, 5.41) is 5.01. The van der Waals surface area contributed by atoms with Crippen LogP contribution in [-0.4, -0.2) is 32.0 Å². The summed E-state index contributed by atoms with van der Waals surface area (Å²) in [6, 6.07) is 21.0. The number of rotatable bonds is 8. The fourth-order valence-corrected chi connectivity index (χ4v) is 3.04. The highest BCUT2D eigenvalue weighted by Gasteiger charge is 2.14. The van der Waals surface area contributed by atoms with Crippen LogP contribution < -0.4 is 20.7 Å². The molecule has 28 heavy (non-hydrogen) atoms. The molecule has 0 heterocycles. The Morgan fingerprint density at radius 1 is 1.00 bits per heavy atom. The average Bonchev–Trinajstić information content (AvgIpc) is 2.71. The number of primary amides is 1. The highest BCUT2D eigenvalue weighted by molar-refractivity contribution is 6.03. The van der Waals surface area contributed by atoms with Crippen molar-refractivity contribution in [3.8, 4) is 5.75 Å². The first-order valence-electron chi connectivity index (χ1n) is 9.02. The normalized spacial score (nSPS) is 10.5. The van der Waals surface area contributed by atoms with Crippen LogP contribution in [0.4, 0.5) is 11.4 Å². The predicted molar refractivity (Wildman–Crippen MR) is 112 cm³/mol. The quantitative estimate of drug-likeness (QED) is 0.631. The molecule has 0 fully saturated rings. The van der Waals surface area contributed by atoms with Crippen molar-refractivity contribution >= 4 is 34.0 Å². The number of carbonyl (C=O) groups excluding carboxylic acids is 2. The van der Waals surface area contributed by atoms with Gasteiger partial charge in [-0.05, 0) is 35.7 Å². The number of methoxy groups -OCH3 is 1. The summed E-state index contributed by atoms with van der Waals surface area (Å²) in [7, 11) is 1.59. The number of nitrogens with two attached hydrogens (primary N) is 1. The minimum atomic E-state index is -0.409. The smallest absolute Gasteiger partial charge is 0.243 e. The Labute approximate surface area is 163 Å². The first-order valence-corrected chi connectivity index (χ1v) is 9.02. The minimum absolute atomic E-state index is 0.100. The maximum absolute atomic E-state index is 12.7. The van der Waals surface area contributed by atoms with Gasteiger partial charge in [-0.3, -0.25) is 9.59 Å². The zero-order chi connectivity index (χ0) is 19.9. The van der Waals surface area contributed by atoms with Crippen LogP contribution in [0.1, 0.15) is 6.42 Å². The molecule has 0 saturated carbocycles. The van der Waals surface area contributed by atoms with E-state index in [2.05, 4.69) is 5.32 Å². The number of anilines is 2. The van der Waals surface area contributed by atoms with E-state index in [9.17, 15) is 9.59 Å². The van der Waals surface area contributed by atoms with Crippen molar-refractivity contribution in [1.29, 1.82) is 0 Å². The van der Waals surface area contributed by atoms with Gasteiger partial charge in [0.05, 0.1) is 13.7 Å². The van der Waals surface area contributed by atoms with Crippen LogP contribution in [0.25, 0.3) is 10.8 Å². The summed E-state index contributed by atoms with van der Waals surface area (Å²) in [6.45, 7) is 0.452. The van der Waals surface area contributed by atoms with Gasteiger partial charge in [0.15, 0.2) is 0 Å². The zero-order valence-electron chi connectivity index (χ0n) is 15.7. The second kappa shape index (κ2) is 8.90. The lowest BCUT2D eigenvalue weighted by Crippen LogP contribution is -2.35. The standard InChI is InChI=1S/C22H23N3O3/c1-28-18-11-9-17(10-12-18)25(14-13-21(23)26)15-22(27)24-20-8-4-6-16-5-2-3-7-19(16)20/h2-12H,13-15H2,1H3,(H2,23,26)(H,24,27). The summed E-state index contributed by atoms with van der Waals surface area (Å²) < 4.78 is 5.18. The van der Waals surface area contributed by atoms with E-state index in [4.69, 9.17) is 10.5 Å². The molecule has 3 aromatic rings. The van der Waals surface area contributed by atoms with Crippen molar-refractivity contribution in [3.05, 3.63) is 66.7 Å². The molecule has 0 bridgehead atoms. The predicted octanol–water partition coefficient (Wildman–Crippen LogP) is 3.17. The Morgan fingerprint density at radius 2 is 1.71 bits per heavy atom. The van der Waals surface area contributed by atoms with E-state index in [0.717, 1.165) is 27.9 Å². The van der Waals surface area contributed by atoms with Crippen molar-refractivity contribution in [1.82, 2.24) is 0 Å². The molecular weight excluding hydrogens is 354 g/mol. The van der Waals surface area contributed by atoms with Gasteiger partial charge >= 0.3 is 0 Å². The van der Waals surface area contributed by atoms with Gasteiger partial charge in [-0.1, -0.05) is 36.4 Å². The lowest BCUT2D eigenvalue weighted by atomic mass is 10.1. The summed E-state index contributed by atoms with van der Waals surface area (Å²) in [5.74, 6) is 0.142. The summed E-state index contributed by atoms with van der Waals surface area (Å²) in [6.07, 6.45) is 0.160. The third kappa shape index (κ3) is 4.79. The first-order chi connectivity index (χ1) is 13.6. The number of ether oxygens (including phenoxy) is 1. The molecule has 6 heteroatoms. The molecule has 0 aromatic heterocycles. The highest BCUT2D eigenvalue weighted by atomic mass is 16.5. The zero-order valence-corrected chi connectivity index (χ0v) is 15.7. The van der Waals surface area contributed by atoms with Crippen molar-refractivity contribution in [2.24, 2.45) is 5.73 Å². The number of nitrogens with one attached hydrogen (secondary N) is 1. The van der Waals surface area contributed by atoms with E-state index in [-0.39, 0.29) is 18.9 Å². The fraction of sp³-hybridized carbons (Fsp3) is 0.182. The summed E-state index contributed by atoms with van der Waals surface area (Å²) in [4.78, 5) is 25.8.